The fourth-order valence-electron chi connectivity index (χ4n) is 2.57. The van der Waals surface area contributed by atoms with Crippen LogP contribution in [0.15, 0.2) is 27.1 Å². The highest BCUT2D eigenvalue weighted by atomic mass is 79.9. The van der Waals surface area contributed by atoms with Crippen LogP contribution in [0.5, 0.6) is 0 Å². The molecule has 2 heterocycles. The molecule has 2 N–H and O–H groups in total. The average Bonchev–Trinajstić information content (AvgIpc) is 3.06. The third-order valence-corrected chi connectivity index (χ3v) is 5.57. The van der Waals surface area contributed by atoms with Gasteiger partial charge in [0.05, 0.1) is 0 Å². The van der Waals surface area contributed by atoms with Crippen molar-refractivity contribution in [2.24, 2.45) is 0 Å². The monoisotopic (exact) mass is 383 g/mol. The van der Waals surface area contributed by atoms with Gasteiger partial charge in [0.15, 0.2) is 5.76 Å². The molecule has 1 saturated heterocycles. The van der Waals surface area contributed by atoms with E-state index in [9.17, 15) is 14.7 Å². The number of furan rings is 1. The summed E-state index contributed by atoms with van der Waals surface area (Å²) in [5, 5.41) is 12.9. The predicted molar refractivity (Wildman–Crippen MR) is 88.4 cm³/mol. The number of thioether (sulfide) groups is 1. The molecule has 22 heavy (non-hydrogen) atoms. The molecule has 1 aromatic carbocycles. The van der Waals surface area contributed by atoms with E-state index in [0.29, 0.717) is 23.3 Å². The number of hydrogen-bond donors (Lipinski definition) is 2. The van der Waals surface area contributed by atoms with Crippen molar-refractivity contribution in [3.8, 4) is 0 Å². The van der Waals surface area contributed by atoms with Crippen molar-refractivity contribution >= 4 is 50.5 Å². The molecular formula is C15H14BrNO4S. The lowest BCUT2D eigenvalue weighted by Crippen LogP contribution is -2.54. The Hall–Kier alpha value is -1.47. The van der Waals surface area contributed by atoms with Crippen molar-refractivity contribution in [3.05, 3.63) is 34.0 Å². The van der Waals surface area contributed by atoms with Gasteiger partial charge < -0.3 is 14.8 Å². The number of carbonyl (C=O) groups is 2. The average molecular weight is 384 g/mol. The molecular weight excluding hydrogens is 370 g/mol. The molecule has 0 saturated carbocycles. The third kappa shape index (κ3) is 2.52. The number of rotatable bonds is 3. The number of halogens is 1. The van der Waals surface area contributed by atoms with E-state index in [2.05, 4.69) is 21.2 Å². The van der Waals surface area contributed by atoms with Crippen LogP contribution in [0.25, 0.3) is 11.0 Å². The number of fused-ring (bicyclic) bond motifs is 1. The van der Waals surface area contributed by atoms with Gasteiger partial charge in [-0.25, -0.2) is 4.79 Å². The summed E-state index contributed by atoms with van der Waals surface area (Å²) in [6.07, 6.45) is 0.420. The van der Waals surface area contributed by atoms with E-state index >= 15 is 0 Å². The first kappa shape index (κ1) is 15.4. The van der Waals surface area contributed by atoms with Gasteiger partial charge in [0.25, 0.3) is 5.91 Å². The first-order chi connectivity index (χ1) is 10.4. The van der Waals surface area contributed by atoms with Crippen LogP contribution in [-0.4, -0.2) is 34.0 Å². The Bertz CT molecular complexity index is 764. The van der Waals surface area contributed by atoms with Gasteiger partial charge in [-0.1, -0.05) is 15.9 Å². The molecule has 1 aliphatic heterocycles. The van der Waals surface area contributed by atoms with Crippen molar-refractivity contribution in [1.82, 2.24) is 5.32 Å². The van der Waals surface area contributed by atoms with Crippen molar-refractivity contribution in [2.75, 3.05) is 11.5 Å². The predicted octanol–water partition coefficient (Wildman–Crippen LogP) is 3.19. The second kappa shape index (κ2) is 5.62. The van der Waals surface area contributed by atoms with E-state index in [1.807, 2.05) is 12.1 Å². The van der Waals surface area contributed by atoms with Crippen LogP contribution in [0, 0.1) is 6.92 Å². The number of aliphatic carboxylic acids is 1. The molecule has 116 valence electrons. The van der Waals surface area contributed by atoms with Crippen LogP contribution in [0.2, 0.25) is 0 Å². The number of nitrogens with one attached hydrogen (secondary N) is 1. The number of aryl methyl sites for hydroxylation is 1. The summed E-state index contributed by atoms with van der Waals surface area (Å²) < 4.78 is 6.51. The Morgan fingerprint density at radius 3 is 2.86 bits per heavy atom. The van der Waals surface area contributed by atoms with Crippen molar-refractivity contribution in [3.63, 3.8) is 0 Å². The van der Waals surface area contributed by atoms with Gasteiger partial charge in [0.2, 0.25) is 0 Å². The van der Waals surface area contributed by atoms with E-state index in [1.165, 1.54) is 11.8 Å². The zero-order valence-corrected chi connectivity index (χ0v) is 14.2. The Morgan fingerprint density at radius 1 is 1.45 bits per heavy atom. The van der Waals surface area contributed by atoms with Crippen LogP contribution in [0.4, 0.5) is 0 Å². The fourth-order valence-corrected chi connectivity index (χ4v) is 4.26. The molecule has 1 atom stereocenters. The Labute approximate surface area is 139 Å². The lowest BCUT2D eigenvalue weighted by atomic mass is 9.99. The molecule has 0 radical (unpaired) electrons. The van der Waals surface area contributed by atoms with Crippen LogP contribution in [0.1, 0.15) is 22.5 Å². The van der Waals surface area contributed by atoms with Crippen molar-refractivity contribution < 1.29 is 19.1 Å². The minimum absolute atomic E-state index is 0.172. The minimum atomic E-state index is -1.20. The number of carboxylic acids is 1. The molecule has 0 spiro atoms. The molecule has 5 nitrogen and oxygen atoms in total. The number of carbonyl (C=O) groups excluding carboxylic acids is 1. The lowest BCUT2D eigenvalue weighted by molar-refractivity contribution is -0.143. The van der Waals surface area contributed by atoms with Crippen molar-refractivity contribution in [1.29, 1.82) is 0 Å². The minimum Gasteiger partial charge on any atom is -0.479 e. The largest absolute Gasteiger partial charge is 0.479 e. The molecule has 1 aliphatic rings. The van der Waals surface area contributed by atoms with Crippen LogP contribution < -0.4 is 5.32 Å². The first-order valence-electron chi connectivity index (χ1n) is 6.75. The third-order valence-electron chi connectivity index (χ3n) is 3.89. The summed E-state index contributed by atoms with van der Waals surface area (Å²) in [4.78, 5) is 24.0. The first-order valence-corrected chi connectivity index (χ1v) is 8.70. The molecule has 1 amide bonds. The Kier molecular flexibility index (Phi) is 3.94. The van der Waals surface area contributed by atoms with Crippen molar-refractivity contribution in [2.45, 2.75) is 18.9 Å². The number of carboxylic acid groups (broad SMARTS) is 1. The highest BCUT2D eigenvalue weighted by molar-refractivity contribution is 9.10. The molecule has 0 unspecified atom stereocenters. The van der Waals surface area contributed by atoms with E-state index < -0.39 is 17.4 Å². The van der Waals surface area contributed by atoms with Gasteiger partial charge in [-0.3, -0.25) is 4.79 Å². The molecule has 1 fully saturated rings. The van der Waals surface area contributed by atoms with Gasteiger partial charge >= 0.3 is 5.97 Å². The molecule has 1 aromatic heterocycles. The van der Waals surface area contributed by atoms with Gasteiger partial charge in [0, 0.05) is 21.2 Å². The summed E-state index contributed by atoms with van der Waals surface area (Å²) in [5.74, 6) is -0.208. The van der Waals surface area contributed by atoms with Gasteiger partial charge in [0.1, 0.15) is 11.1 Å². The number of hydrogen-bond acceptors (Lipinski definition) is 4. The number of amides is 1. The highest BCUT2D eigenvalue weighted by Gasteiger charge is 2.44. The SMILES string of the molecule is Cc1c(C(=O)N[C@]2(C(=O)O)CCSC2)oc2ccc(Br)cc12. The van der Waals surface area contributed by atoms with E-state index in [-0.39, 0.29) is 5.76 Å². The van der Waals surface area contributed by atoms with Crippen LogP contribution in [0.3, 0.4) is 0 Å². The smallest absolute Gasteiger partial charge is 0.330 e. The molecule has 7 heteroatoms. The Morgan fingerprint density at radius 2 is 2.23 bits per heavy atom. The summed E-state index contributed by atoms with van der Waals surface area (Å²) >= 11 is 4.91. The van der Waals surface area contributed by atoms with E-state index in [0.717, 1.165) is 15.6 Å². The lowest BCUT2D eigenvalue weighted by Gasteiger charge is -2.24. The fraction of sp³-hybridized carbons (Fsp3) is 0.333. The molecule has 0 aliphatic carbocycles. The summed E-state index contributed by atoms with van der Waals surface area (Å²) in [6, 6.07) is 5.49. The maximum Gasteiger partial charge on any atom is 0.330 e. The van der Waals surface area contributed by atoms with Gasteiger partial charge in [-0.15, -0.1) is 0 Å². The topological polar surface area (TPSA) is 79.5 Å². The quantitative estimate of drug-likeness (QED) is 0.850. The summed E-state index contributed by atoms with van der Waals surface area (Å²) in [6.45, 7) is 1.80. The second-order valence-electron chi connectivity index (χ2n) is 5.34. The standard InChI is InChI=1S/C15H14BrNO4S/c1-8-10-6-9(16)2-3-11(10)21-12(8)13(18)17-15(14(19)20)4-5-22-7-15/h2-3,6H,4-5,7H2,1H3,(H,17,18)(H,19,20)/t15-/m1/s1. The zero-order chi connectivity index (χ0) is 15.9. The molecule has 2 aromatic rings. The molecule has 3 rings (SSSR count). The van der Waals surface area contributed by atoms with E-state index in [1.54, 1.807) is 13.0 Å². The van der Waals surface area contributed by atoms with Gasteiger partial charge in [-0.2, -0.15) is 11.8 Å². The zero-order valence-electron chi connectivity index (χ0n) is 11.8. The van der Waals surface area contributed by atoms with E-state index in [4.69, 9.17) is 4.42 Å². The normalized spacial score (nSPS) is 21.2. The second-order valence-corrected chi connectivity index (χ2v) is 7.36. The van der Waals surface area contributed by atoms with Gasteiger partial charge in [-0.05, 0) is 37.3 Å². The summed E-state index contributed by atoms with van der Waals surface area (Å²) in [5.41, 5.74) is 0.115. The van der Waals surface area contributed by atoms with Crippen LogP contribution in [-0.2, 0) is 4.79 Å². The van der Waals surface area contributed by atoms with Crippen LogP contribution >= 0.6 is 27.7 Å². The highest BCUT2D eigenvalue weighted by Crippen LogP contribution is 2.31. The summed E-state index contributed by atoms with van der Waals surface area (Å²) in [7, 11) is 0. The Balaban J connectivity index is 1.95. The number of benzene rings is 1. The maximum atomic E-state index is 12.5. The maximum absolute atomic E-state index is 12.5. The molecule has 0 bridgehead atoms.